The van der Waals surface area contributed by atoms with Crippen molar-refractivity contribution in [2.45, 2.75) is 38.2 Å². The number of pyridine rings is 1. The molecule has 1 saturated carbocycles. The SMILES string of the molecule is O=C(O)c1cnc(C(=O)O)c(OC2CCCCC2)c1. The van der Waals surface area contributed by atoms with Crippen molar-refractivity contribution in [1.82, 2.24) is 4.98 Å². The summed E-state index contributed by atoms with van der Waals surface area (Å²) in [4.78, 5) is 25.6. The second-order valence-corrected chi connectivity index (χ2v) is 4.56. The topological polar surface area (TPSA) is 96.7 Å². The summed E-state index contributed by atoms with van der Waals surface area (Å²) in [7, 11) is 0. The Labute approximate surface area is 110 Å². The van der Waals surface area contributed by atoms with Crippen molar-refractivity contribution in [2.75, 3.05) is 0 Å². The monoisotopic (exact) mass is 265 g/mol. The van der Waals surface area contributed by atoms with E-state index in [0.29, 0.717) is 0 Å². The molecule has 0 spiro atoms. The van der Waals surface area contributed by atoms with Gasteiger partial charge in [0.2, 0.25) is 0 Å². The third kappa shape index (κ3) is 3.21. The Morgan fingerprint density at radius 1 is 1.16 bits per heavy atom. The van der Waals surface area contributed by atoms with Gasteiger partial charge in [-0.2, -0.15) is 0 Å². The van der Waals surface area contributed by atoms with Crippen LogP contribution in [0.3, 0.4) is 0 Å². The van der Waals surface area contributed by atoms with E-state index >= 15 is 0 Å². The minimum absolute atomic E-state index is 0.0410. The lowest BCUT2D eigenvalue weighted by Gasteiger charge is -2.23. The van der Waals surface area contributed by atoms with E-state index in [4.69, 9.17) is 14.9 Å². The van der Waals surface area contributed by atoms with Gasteiger partial charge in [0.05, 0.1) is 11.7 Å². The minimum Gasteiger partial charge on any atom is -0.488 e. The summed E-state index contributed by atoms with van der Waals surface area (Å²) in [5.41, 5.74) is -0.314. The maximum absolute atomic E-state index is 11.1. The number of hydrogen-bond donors (Lipinski definition) is 2. The molecule has 6 nitrogen and oxygen atoms in total. The predicted octanol–water partition coefficient (Wildman–Crippen LogP) is 2.19. The zero-order valence-corrected chi connectivity index (χ0v) is 10.3. The molecule has 0 aliphatic heterocycles. The highest BCUT2D eigenvalue weighted by Crippen LogP contribution is 2.26. The molecule has 6 heteroatoms. The molecule has 2 N–H and O–H groups in total. The van der Waals surface area contributed by atoms with Gasteiger partial charge in [0.25, 0.3) is 0 Å². The number of hydrogen-bond acceptors (Lipinski definition) is 4. The summed E-state index contributed by atoms with van der Waals surface area (Å²) in [5.74, 6) is -2.33. The summed E-state index contributed by atoms with van der Waals surface area (Å²) in [6.07, 6.45) is 5.92. The summed E-state index contributed by atoms with van der Waals surface area (Å²) >= 11 is 0. The van der Waals surface area contributed by atoms with Crippen molar-refractivity contribution in [2.24, 2.45) is 0 Å². The maximum Gasteiger partial charge on any atom is 0.358 e. The number of rotatable bonds is 4. The smallest absolute Gasteiger partial charge is 0.358 e. The van der Waals surface area contributed by atoms with E-state index in [1.54, 1.807) is 0 Å². The Morgan fingerprint density at radius 3 is 2.42 bits per heavy atom. The molecule has 0 bridgehead atoms. The van der Waals surface area contributed by atoms with Crippen molar-refractivity contribution in [1.29, 1.82) is 0 Å². The summed E-state index contributed by atoms with van der Waals surface area (Å²) in [5, 5.41) is 17.9. The van der Waals surface area contributed by atoms with E-state index < -0.39 is 11.9 Å². The normalized spacial score (nSPS) is 16.0. The molecule has 1 aliphatic rings. The Hall–Kier alpha value is -2.11. The van der Waals surface area contributed by atoms with Gasteiger partial charge in [-0.1, -0.05) is 6.42 Å². The highest BCUT2D eigenvalue weighted by Gasteiger charge is 2.21. The van der Waals surface area contributed by atoms with Crippen LogP contribution in [0.4, 0.5) is 0 Å². The van der Waals surface area contributed by atoms with Crippen LogP contribution in [0.15, 0.2) is 12.3 Å². The molecule has 1 heterocycles. The molecule has 0 atom stereocenters. The molecule has 1 aromatic heterocycles. The van der Waals surface area contributed by atoms with E-state index in [1.165, 1.54) is 6.07 Å². The number of nitrogens with zero attached hydrogens (tertiary/aromatic N) is 1. The molecule has 0 radical (unpaired) electrons. The van der Waals surface area contributed by atoms with Gasteiger partial charge in [0.1, 0.15) is 0 Å². The van der Waals surface area contributed by atoms with Gasteiger partial charge >= 0.3 is 11.9 Å². The van der Waals surface area contributed by atoms with Gasteiger partial charge in [-0.05, 0) is 31.7 Å². The molecule has 0 unspecified atom stereocenters. The lowest BCUT2D eigenvalue weighted by molar-refractivity contribution is 0.0664. The number of carboxylic acids is 2. The fourth-order valence-electron chi connectivity index (χ4n) is 2.17. The fourth-order valence-corrected chi connectivity index (χ4v) is 2.17. The molecule has 1 aliphatic carbocycles. The van der Waals surface area contributed by atoms with Gasteiger partial charge in [-0.15, -0.1) is 0 Å². The van der Waals surface area contributed by atoms with Crippen LogP contribution < -0.4 is 4.74 Å². The third-order valence-corrected chi connectivity index (χ3v) is 3.15. The molecular weight excluding hydrogens is 250 g/mol. The van der Waals surface area contributed by atoms with Crippen LogP contribution in [0.5, 0.6) is 5.75 Å². The van der Waals surface area contributed by atoms with Gasteiger partial charge < -0.3 is 14.9 Å². The van der Waals surface area contributed by atoms with E-state index in [2.05, 4.69) is 4.98 Å². The number of ether oxygens (including phenoxy) is 1. The zero-order chi connectivity index (χ0) is 13.8. The Morgan fingerprint density at radius 2 is 1.84 bits per heavy atom. The molecule has 0 aromatic carbocycles. The van der Waals surface area contributed by atoms with Crippen LogP contribution in [0, 0.1) is 0 Å². The minimum atomic E-state index is -1.22. The highest BCUT2D eigenvalue weighted by atomic mass is 16.5. The third-order valence-electron chi connectivity index (χ3n) is 3.15. The quantitative estimate of drug-likeness (QED) is 0.866. The standard InChI is InChI=1S/C13H15NO5/c15-12(16)8-6-10(11(13(17)18)14-7-8)19-9-4-2-1-3-5-9/h6-7,9H,1-5H2,(H,15,16)(H,17,18). The van der Waals surface area contributed by atoms with E-state index in [0.717, 1.165) is 38.3 Å². The van der Waals surface area contributed by atoms with Crippen molar-refractivity contribution < 1.29 is 24.5 Å². The van der Waals surface area contributed by atoms with Crippen LogP contribution in [0.25, 0.3) is 0 Å². The second kappa shape index (κ2) is 5.69. The van der Waals surface area contributed by atoms with Crippen molar-refractivity contribution >= 4 is 11.9 Å². The lowest BCUT2D eigenvalue weighted by Crippen LogP contribution is -2.21. The first-order valence-corrected chi connectivity index (χ1v) is 6.21. The molecule has 1 aromatic rings. The molecule has 102 valence electrons. The molecule has 1 fully saturated rings. The number of aromatic nitrogens is 1. The van der Waals surface area contributed by atoms with Gasteiger partial charge in [-0.3, -0.25) is 0 Å². The first-order valence-electron chi connectivity index (χ1n) is 6.21. The van der Waals surface area contributed by atoms with Gasteiger partial charge in [-0.25, -0.2) is 14.6 Å². The average Bonchev–Trinajstić information content (AvgIpc) is 2.39. The van der Waals surface area contributed by atoms with Crippen LogP contribution in [0.2, 0.25) is 0 Å². The van der Waals surface area contributed by atoms with Crippen LogP contribution in [0.1, 0.15) is 53.0 Å². The fraction of sp³-hybridized carbons (Fsp3) is 0.462. The highest BCUT2D eigenvalue weighted by molar-refractivity contribution is 5.92. The lowest BCUT2D eigenvalue weighted by atomic mass is 9.98. The molecular formula is C13H15NO5. The number of carbonyl (C=O) groups is 2. The predicted molar refractivity (Wildman–Crippen MR) is 65.7 cm³/mol. The Kier molecular flexibility index (Phi) is 3.99. The number of aromatic carboxylic acids is 2. The summed E-state index contributed by atoms with van der Waals surface area (Å²) in [6.45, 7) is 0. The Bertz CT molecular complexity index is 494. The second-order valence-electron chi connectivity index (χ2n) is 4.56. The van der Waals surface area contributed by atoms with E-state index in [-0.39, 0.29) is 23.1 Å². The van der Waals surface area contributed by atoms with Crippen molar-refractivity contribution in [3.8, 4) is 5.75 Å². The average molecular weight is 265 g/mol. The number of carboxylic acid groups (broad SMARTS) is 2. The largest absolute Gasteiger partial charge is 0.488 e. The molecule has 2 rings (SSSR count). The van der Waals surface area contributed by atoms with Crippen LogP contribution in [-0.4, -0.2) is 33.2 Å². The zero-order valence-electron chi connectivity index (χ0n) is 10.3. The van der Waals surface area contributed by atoms with Crippen LogP contribution in [-0.2, 0) is 0 Å². The molecule has 19 heavy (non-hydrogen) atoms. The van der Waals surface area contributed by atoms with Crippen molar-refractivity contribution in [3.63, 3.8) is 0 Å². The molecule has 0 amide bonds. The first-order chi connectivity index (χ1) is 9.08. The van der Waals surface area contributed by atoms with Gasteiger partial charge in [0, 0.05) is 6.20 Å². The van der Waals surface area contributed by atoms with E-state index in [9.17, 15) is 9.59 Å². The molecule has 0 saturated heterocycles. The van der Waals surface area contributed by atoms with Crippen LogP contribution >= 0.6 is 0 Å². The van der Waals surface area contributed by atoms with E-state index in [1.807, 2.05) is 0 Å². The van der Waals surface area contributed by atoms with Gasteiger partial charge in [0.15, 0.2) is 11.4 Å². The Balaban J connectivity index is 2.26. The first kappa shape index (κ1) is 13.3. The van der Waals surface area contributed by atoms with Crippen molar-refractivity contribution in [3.05, 3.63) is 23.5 Å². The summed E-state index contributed by atoms with van der Waals surface area (Å²) < 4.78 is 5.63. The summed E-state index contributed by atoms with van der Waals surface area (Å²) in [6, 6.07) is 1.23. The maximum atomic E-state index is 11.1.